The summed E-state index contributed by atoms with van der Waals surface area (Å²) in [5.74, 6) is -1.71. The summed E-state index contributed by atoms with van der Waals surface area (Å²) in [5, 5.41) is 1.73. The van der Waals surface area contributed by atoms with E-state index in [0.717, 1.165) is 37.4 Å². The number of para-hydroxylation sites is 2. The van der Waals surface area contributed by atoms with E-state index in [1.807, 2.05) is 30.3 Å². The third-order valence-electron chi connectivity index (χ3n) is 4.72. The predicted molar refractivity (Wildman–Crippen MR) is 160 cm³/mol. The molecule has 0 saturated carbocycles. The molecule has 0 aliphatic rings. The van der Waals surface area contributed by atoms with Gasteiger partial charge in [-0.25, -0.2) is 13.2 Å². The van der Waals surface area contributed by atoms with Gasteiger partial charge in [0.2, 0.25) is 0 Å². The molecule has 5 aromatic rings. The second-order valence-corrected chi connectivity index (χ2v) is 9.40. The summed E-state index contributed by atoms with van der Waals surface area (Å²) in [6.07, 6.45) is 2.28. The fraction of sp³-hybridized carbons (Fsp3) is 0.138. The van der Waals surface area contributed by atoms with Crippen molar-refractivity contribution < 1.29 is 41.2 Å². The van der Waals surface area contributed by atoms with Gasteiger partial charge in [0.05, 0.1) is 0 Å². The van der Waals surface area contributed by atoms with Crippen LogP contribution in [0.2, 0.25) is 0 Å². The van der Waals surface area contributed by atoms with Gasteiger partial charge in [-0.15, -0.1) is 0 Å². The predicted octanol–water partition coefficient (Wildman–Crippen LogP) is 7.73. The van der Waals surface area contributed by atoms with Crippen LogP contribution in [0.4, 0.5) is 13.2 Å². The Balaban J connectivity index is 0.000000592. The summed E-state index contributed by atoms with van der Waals surface area (Å²) < 4.78 is 52.4. The van der Waals surface area contributed by atoms with Crippen LogP contribution in [0.15, 0.2) is 87.8 Å². The van der Waals surface area contributed by atoms with Crippen LogP contribution in [0, 0.1) is 27.9 Å². The molecule has 0 bridgehead atoms. The smallest absolute Gasteiger partial charge is 0.453 e. The molecule has 3 radical (unpaired) electrons. The number of ether oxygens (including phenoxy) is 1. The van der Waals surface area contributed by atoms with E-state index in [1.54, 1.807) is 24.3 Å². The summed E-state index contributed by atoms with van der Waals surface area (Å²) in [6, 6.07) is 21.2. The molecule has 5 rings (SSSR count). The normalized spacial score (nSPS) is 9.55. The van der Waals surface area contributed by atoms with Crippen LogP contribution in [0.5, 0.6) is 11.5 Å². The molecule has 9 heteroatoms. The van der Waals surface area contributed by atoms with Crippen molar-refractivity contribution in [3.63, 3.8) is 0 Å². The molecule has 193 valence electrons. The van der Waals surface area contributed by atoms with Crippen LogP contribution >= 0.6 is 38.5 Å². The topological polar surface area (TPSA) is 22.4 Å². The first kappa shape index (κ1) is 36.1. The zero-order valence-electron chi connectivity index (χ0n) is 20.4. The Labute approximate surface area is 258 Å². The van der Waals surface area contributed by atoms with E-state index in [2.05, 4.69) is 52.4 Å². The van der Waals surface area contributed by atoms with Crippen molar-refractivity contribution in [1.29, 1.82) is 0 Å². The Morgan fingerprint density at radius 2 is 1.50 bits per heavy atom. The Hall–Kier alpha value is -1.86. The zero-order chi connectivity index (χ0) is 25.4. The minimum atomic E-state index is -0.709. The monoisotopic (exact) mass is 687 g/mol. The summed E-state index contributed by atoms with van der Waals surface area (Å²) in [7, 11) is 0. The van der Waals surface area contributed by atoms with Gasteiger partial charge in [-0.2, -0.15) is 6.42 Å². The minimum absolute atomic E-state index is 0. The first-order valence-corrected chi connectivity index (χ1v) is 12.6. The van der Waals surface area contributed by atoms with Crippen LogP contribution in [-0.2, 0) is 0 Å². The molecule has 0 spiro atoms. The first-order valence-electron chi connectivity index (χ1n) is 10.8. The summed E-state index contributed by atoms with van der Waals surface area (Å²) >= 11 is 5.50. The van der Waals surface area contributed by atoms with Gasteiger partial charge < -0.3 is 16.1 Å². The molecule has 1 heterocycles. The molecule has 0 atom stereocenters. The van der Waals surface area contributed by atoms with Crippen molar-refractivity contribution >= 4 is 68.9 Å². The van der Waals surface area contributed by atoms with Gasteiger partial charge in [-0.1, -0.05) is 67.0 Å². The van der Waals surface area contributed by atoms with E-state index in [0.29, 0.717) is 16.9 Å². The molecule has 0 aliphatic heterocycles. The van der Waals surface area contributed by atoms with Crippen LogP contribution in [0.3, 0.4) is 0 Å². The van der Waals surface area contributed by atoms with Crippen LogP contribution < -0.4 is 23.6 Å². The van der Waals surface area contributed by atoms with Crippen molar-refractivity contribution in [1.82, 2.24) is 0 Å². The van der Waals surface area contributed by atoms with Crippen molar-refractivity contribution in [3.05, 3.63) is 111 Å². The SMILES string of the molecule is C.Fc1ccc(Br)c2c1oc1ccccc12.Fc1cccc(F)c1Oc1cccc(I)c1.[B].[CH2-]CCC.[Li+]. The molecule has 0 amide bonds. The number of benzene rings is 4. The largest absolute Gasteiger partial charge is 1.00 e. The summed E-state index contributed by atoms with van der Waals surface area (Å²) in [5.41, 5.74) is 1.02. The summed E-state index contributed by atoms with van der Waals surface area (Å²) in [4.78, 5) is 0. The number of halogens is 5. The van der Waals surface area contributed by atoms with Crippen molar-refractivity contribution in [2.24, 2.45) is 0 Å². The van der Waals surface area contributed by atoms with Gasteiger partial charge in [0.25, 0.3) is 0 Å². The van der Waals surface area contributed by atoms with Gasteiger partial charge in [0.15, 0.2) is 28.8 Å². The van der Waals surface area contributed by atoms with Crippen molar-refractivity contribution in [3.8, 4) is 11.5 Å². The number of unbranched alkanes of at least 4 members (excludes halogenated alkanes) is 1. The van der Waals surface area contributed by atoms with E-state index < -0.39 is 11.6 Å². The molecule has 0 unspecified atom stereocenters. The van der Waals surface area contributed by atoms with Crippen molar-refractivity contribution in [2.75, 3.05) is 0 Å². The molecule has 0 saturated heterocycles. The second-order valence-electron chi connectivity index (χ2n) is 7.30. The first-order chi connectivity index (χ1) is 16.8. The van der Waals surface area contributed by atoms with E-state index in [-0.39, 0.29) is 46.3 Å². The van der Waals surface area contributed by atoms with Crippen LogP contribution in [-0.4, -0.2) is 8.41 Å². The van der Waals surface area contributed by atoms with Gasteiger partial charge in [-0.05, 0) is 71.1 Å². The maximum atomic E-state index is 13.5. The molecule has 0 aliphatic carbocycles. The molecular weight excluding hydrogens is 662 g/mol. The molecule has 38 heavy (non-hydrogen) atoms. The third kappa shape index (κ3) is 9.41. The van der Waals surface area contributed by atoms with Gasteiger partial charge in [-0.3, -0.25) is 0 Å². The second kappa shape index (κ2) is 17.7. The Bertz CT molecular complexity index is 1410. The van der Waals surface area contributed by atoms with E-state index in [9.17, 15) is 13.2 Å². The number of hydrogen-bond donors (Lipinski definition) is 0. The Morgan fingerprint density at radius 1 is 0.895 bits per heavy atom. The Morgan fingerprint density at radius 3 is 2.11 bits per heavy atom. The van der Waals surface area contributed by atoms with Crippen LogP contribution in [0.1, 0.15) is 27.2 Å². The number of furan rings is 1. The number of fused-ring (bicyclic) bond motifs is 3. The van der Waals surface area contributed by atoms with Crippen LogP contribution in [0.25, 0.3) is 21.9 Å². The molecule has 4 aromatic carbocycles. The fourth-order valence-electron chi connectivity index (χ4n) is 2.98. The molecule has 0 fully saturated rings. The van der Waals surface area contributed by atoms with Gasteiger partial charge >= 0.3 is 18.9 Å². The maximum Gasteiger partial charge on any atom is 1.00 e. The van der Waals surface area contributed by atoms with E-state index >= 15 is 0 Å². The van der Waals surface area contributed by atoms with Gasteiger partial charge in [0, 0.05) is 27.2 Å². The quantitative estimate of drug-likeness (QED) is 0.110. The van der Waals surface area contributed by atoms with Gasteiger partial charge in [0.1, 0.15) is 11.3 Å². The number of hydrogen-bond acceptors (Lipinski definition) is 2. The standard InChI is InChI=1S/C12H6BrFO.C12H7F2IO.C4H9.CH4.B.Li/c13-8-5-6-9(14)12-11(8)7-3-1-2-4-10(7)15-12;13-10-5-2-6-11(14)12(10)16-9-4-1-3-8(15)7-9;1-3-4-2;;;/h1-6H;1-7H;1,3-4H2,2H3;1H4;;/q;;-1;;;+1. The number of rotatable bonds is 3. The molecular formula is C29H26BBrF3ILiO2. The van der Waals surface area contributed by atoms with E-state index in [1.165, 1.54) is 18.6 Å². The maximum absolute atomic E-state index is 13.5. The average molecular weight is 688 g/mol. The third-order valence-corrected chi connectivity index (χ3v) is 6.05. The Kier molecular flexibility index (Phi) is 16.8. The molecule has 2 nitrogen and oxygen atoms in total. The zero-order valence-corrected chi connectivity index (χ0v) is 24.2. The van der Waals surface area contributed by atoms with E-state index in [4.69, 9.17) is 9.15 Å². The van der Waals surface area contributed by atoms with Crippen molar-refractivity contribution in [2.45, 2.75) is 27.2 Å². The fourth-order valence-corrected chi connectivity index (χ4v) is 4.02. The summed E-state index contributed by atoms with van der Waals surface area (Å²) in [6.45, 7) is 5.72. The average Bonchev–Trinajstić information content (AvgIpc) is 3.26. The minimum Gasteiger partial charge on any atom is -0.453 e. The molecule has 0 N–H and O–H groups in total. The molecule has 1 aromatic heterocycles.